The number of urea groups is 1. The number of rotatable bonds is 6. The number of nitrogens with one attached hydrogen (secondary N) is 3. The summed E-state index contributed by atoms with van der Waals surface area (Å²) in [6.45, 7) is 5.02. The number of hydrogen-bond acceptors (Lipinski definition) is 3. The molecular weight excluding hydrogens is 316 g/mol. The predicted molar refractivity (Wildman–Crippen MR) is 102 cm³/mol. The van der Waals surface area contributed by atoms with Crippen LogP contribution in [0, 0.1) is 12.3 Å². The Bertz CT molecular complexity index is 622. The van der Waals surface area contributed by atoms with E-state index >= 15 is 0 Å². The SMILES string of the molecule is CC(=O)Nc1cccc(NC(=O)NCC2(CN(C)C)CCCC2)c1C. The summed E-state index contributed by atoms with van der Waals surface area (Å²) in [7, 11) is 4.16. The van der Waals surface area contributed by atoms with Gasteiger partial charge in [0.05, 0.1) is 0 Å². The van der Waals surface area contributed by atoms with Gasteiger partial charge in [-0.15, -0.1) is 0 Å². The zero-order valence-corrected chi connectivity index (χ0v) is 15.7. The number of anilines is 2. The molecule has 1 aromatic rings. The summed E-state index contributed by atoms with van der Waals surface area (Å²) < 4.78 is 0. The van der Waals surface area contributed by atoms with Gasteiger partial charge in [-0.25, -0.2) is 4.79 Å². The maximum absolute atomic E-state index is 12.4. The molecule has 1 aromatic carbocycles. The number of carbonyl (C=O) groups excluding carboxylic acids is 2. The maximum atomic E-state index is 12.4. The Kier molecular flexibility index (Phi) is 6.42. The molecule has 3 amide bonds. The molecule has 0 aromatic heterocycles. The molecule has 138 valence electrons. The van der Waals surface area contributed by atoms with E-state index in [2.05, 4.69) is 34.9 Å². The molecule has 0 spiro atoms. The molecule has 25 heavy (non-hydrogen) atoms. The standard InChI is InChI=1S/C19H30N4O2/c1-14-16(21-15(2)24)8-7-9-17(14)22-18(25)20-12-19(13-23(3)4)10-5-6-11-19/h7-9H,5-6,10-13H2,1-4H3,(H,21,24)(H2,20,22,25). The zero-order valence-electron chi connectivity index (χ0n) is 15.7. The summed E-state index contributed by atoms with van der Waals surface area (Å²) in [6, 6.07) is 5.28. The summed E-state index contributed by atoms with van der Waals surface area (Å²) in [5, 5.41) is 8.72. The third-order valence-electron chi connectivity index (χ3n) is 4.83. The van der Waals surface area contributed by atoms with Crippen molar-refractivity contribution in [3.05, 3.63) is 23.8 Å². The Hall–Kier alpha value is -2.08. The lowest BCUT2D eigenvalue weighted by molar-refractivity contribution is -0.114. The van der Waals surface area contributed by atoms with E-state index in [0.29, 0.717) is 17.9 Å². The van der Waals surface area contributed by atoms with Gasteiger partial charge in [0.1, 0.15) is 0 Å². The molecule has 0 radical (unpaired) electrons. The summed E-state index contributed by atoms with van der Waals surface area (Å²) in [5.41, 5.74) is 2.44. The molecule has 1 aliphatic carbocycles. The van der Waals surface area contributed by atoms with Gasteiger partial charge in [0.15, 0.2) is 0 Å². The molecule has 0 aliphatic heterocycles. The monoisotopic (exact) mass is 346 g/mol. The van der Waals surface area contributed by atoms with Crippen LogP contribution in [0.5, 0.6) is 0 Å². The van der Waals surface area contributed by atoms with Crippen LogP contribution in [0.1, 0.15) is 38.2 Å². The van der Waals surface area contributed by atoms with Crippen molar-refractivity contribution in [2.45, 2.75) is 39.5 Å². The van der Waals surface area contributed by atoms with E-state index in [4.69, 9.17) is 0 Å². The minimum atomic E-state index is -0.201. The van der Waals surface area contributed by atoms with Crippen LogP contribution in [0.4, 0.5) is 16.2 Å². The molecule has 0 bridgehead atoms. The second-order valence-corrected chi connectivity index (χ2v) is 7.41. The summed E-state index contributed by atoms with van der Waals surface area (Å²) >= 11 is 0. The first-order chi connectivity index (χ1) is 11.8. The first-order valence-electron chi connectivity index (χ1n) is 8.88. The number of amides is 3. The van der Waals surface area contributed by atoms with Crippen LogP contribution < -0.4 is 16.0 Å². The van der Waals surface area contributed by atoms with Crippen molar-refractivity contribution in [2.24, 2.45) is 5.41 Å². The molecule has 0 heterocycles. The first kappa shape index (κ1) is 19.2. The quantitative estimate of drug-likeness (QED) is 0.740. The third-order valence-corrected chi connectivity index (χ3v) is 4.83. The number of nitrogens with zero attached hydrogens (tertiary/aromatic N) is 1. The predicted octanol–water partition coefficient (Wildman–Crippen LogP) is 3.20. The van der Waals surface area contributed by atoms with Crippen molar-refractivity contribution in [2.75, 3.05) is 37.8 Å². The highest BCUT2D eigenvalue weighted by molar-refractivity contribution is 5.94. The second-order valence-electron chi connectivity index (χ2n) is 7.41. The summed E-state index contributed by atoms with van der Waals surface area (Å²) in [5.74, 6) is -0.128. The minimum Gasteiger partial charge on any atom is -0.337 e. The van der Waals surface area contributed by atoms with Gasteiger partial charge < -0.3 is 20.9 Å². The van der Waals surface area contributed by atoms with Gasteiger partial charge in [-0.3, -0.25) is 4.79 Å². The normalized spacial score (nSPS) is 15.9. The van der Waals surface area contributed by atoms with E-state index in [1.54, 1.807) is 0 Å². The number of hydrogen-bond donors (Lipinski definition) is 3. The maximum Gasteiger partial charge on any atom is 0.319 e. The van der Waals surface area contributed by atoms with Crippen molar-refractivity contribution in [3.8, 4) is 0 Å². The van der Waals surface area contributed by atoms with Gasteiger partial charge in [0, 0.05) is 36.8 Å². The summed E-state index contributed by atoms with van der Waals surface area (Å²) in [6.07, 6.45) is 4.77. The molecule has 1 fully saturated rings. The van der Waals surface area contributed by atoms with Gasteiger partial charge in [0.2, 0.25) is 5.91 Å². The fraction of sp³-hybridized carbons (Fsp3) is 0.579. The van der Waals surface area contributed by atoms with Gasteiger partial charge >= 0.3 is 6.03 Å². The lowest BCUT2D eigenvalue weighted by Crippen LogP contribution is -2.43. The molecule has 6 heteroatoms. The van der Waals surface area contributed by atoms with Gasteiger partial charge in [-0.05, 0) is 51.6 Å². The molecular formula is C19H30N4O2. The second kappa shape index (κ2) is 8.34. The minimum absolute atomic E-state index is 0.128. The van der Waals surface area contributed by atoms with Crippen LogP contribution >= 0.6 is 0 Å². The fourth-order valence-corrected chi connectivity index (χ4v) is 3.72. The van der Waals surface area contributed by atoms with Gasteiger partial charge in [-0.2, -0.15) is 0 Å². The van der Waals surface area contributed by atoms with E-state index in [1.165, 1.54) is 19.8 Å². The Morgan fingerprint density at radius 3 is 2.28 bits per heavy atom. The van der Waals surface area contributed by atoms with Crippen molar-refractivity contribution in [1.29, 1.82) is 0 Å². The lowest BCUT2D eigenvalue weighted by Gasteiger charge is -2.32. The zero-order chi connectivity index (χ0) is 18.4. The summed E-state index contributed by atoms with van der Waals surface area (Å²) in [4.78, 5) is 25.8. The molecule has 6 nitrogen and oxygen atoms in total. The van der Waals surface area contributed by atoms with Crippen LogP contribution in [0.15, 0.2) is 18.2 Å². The van der Waals surface area contributed by atoms with E-state index in [1.807, 2.05) is 25.1 Å². The molecule has 1 saturated carbocycles. The Morgan fingerprint density at radius 2 is 1.72 bits per heavy atom. The van der Waals surface area contributed by atoms with Crippen molar-refractivity contribution in [1.82, 2.24) is 10.2 Å². The molecule has 0 unspecified atom stereocenters. The molecule has 0 atom stereocenters. The number of benzene rings is 1. The first-order valence-corrected chi connectivity index (χ1v) is 8.88. The largest absolute Gasteiger partial charge is 0.337 e. The number of carbonyl (C=O) groups is 2. The van der Waals surface area contributed by atoms with E-state index in [0.717, 1.165) is 24.9 Å². The van der Waals surface area contributed by atoms with Crippen molar-refractivity contribution in [3.63, 3.8) is 0 Å². The van der Waals surface area contributed by atoms with Crippen LogP contribution in [0.25, 0.3) is 0 Å². The van der Waals surface area contributed by atoms with Gasteiger partial charge in [0.25, 0.3) is 0 Å². The molecule has 3 N–H and O–H groups in total. The van der Waals surface area contributed by atoms with Crippen molar-refractivity contribution >= 4 is 23.3 Å². The molecule has 0 saturated heterocycles. The van der Waals surface area contributed by atoms with Crippen LogP contribution in [0.3, 0.4) is 0 Å². The topological polar surface area (TPSA) is 73.5 Å². The highest BCUT2D eigenvalue weighted by atomic mass is 16.2. The van der Waals surface area contributed by atoms with E-state index in [9.17, 15) is 9.59 Å². The fourth-order valence-electron chi connectivity index (χ4n) is 3.72. The van der Waals surface area contributed by atoms with Gasteiger partial charge in [-0.1, -0.05) is 18.9 Å². The van der Waals surface area contributed by atoms with E-state index < -0.39 is 0 Å². The third kappa shape index (κ3) is 5.46. The Labute approximate surface area is 150 Å². The average molecular weight is 346 g/mol. The molecule has 1 aliphatic rings. The smallest absolute Gasteiger partial charge is 0.319 e. The van der Waals surface area contributed by atoms with E-state index in [-0.39, 0.29) is 17.4 Å². The van der Waals surface area contributed by atoms with Crippen molar-refractivity contribution < 1.29 is 9.59 Å². The Morgan fingerprint density at radius 1 is 1.12 bits per heavy atom. The Balaban J connectivity index is 1.97. The van der Waals surface area contributed by atoms with Crippen LogP contribution in [0.2, 0.25) is 0 Å². The highest BCUT2D eigenvalue weighted by Crippen LogP contribution is 2.38. The lowest BCUT2D eigenvalue weighted by atomic mass is 9.85. The average Bonchev–Trinajstić information content (AvgIpc) is 2.97. The highest BCUT2D eigenvalue weighted by Gasteiger charge is 2.34. The van der Waals surface area contributed by atoms with Crippen LogP contribution in [-0.2, 0) is 4.79 Å². The molecule has 2 rings (SSSR count). The van der Waals surface area contributed by atoms with Crippen LogP contribution in [-0.4, -0.2) is 44.0 Å².